The summed E-state index contributed by atoms with van der Waals surface area (Å²) >= 11 is 9.23. The number of rotatable bonds is 6. The van der Waals surface area contributed by atoms with Crippen molar-refractivity contribution in [3.63, 3.8) is 0 Å². The van der Waals surface area contributed by atoms with E-state index in [-0.39, 0.29) is 36.8 Å². The van der Waals surface area contributed by atoms with Crippen molar-refractivity contribution in [3.8, 4) is 11.1 Å². The lowest BCUT2D eigenvalue weighted by Crippen LogP contribution is -2.44. The number of benzene rings is 1. The van der Waals surface area contributed by atoms with Crippen molar-refractivity contribution in [1.82, 2.24) is 29.6 Å². The van der Waals surface area contributed by atoms with Crippen LogP contribution >= 0.6 is 27.5 Å². The number of halogens is 3. The molecule has 0 unspecified atom stereocenters. The summed E-state index contributed by atoms with van der Waals surface area (Å²) in [5, 5.41) is 7.90. The van der Waals surface area contributed by atoms with Gasteiger partial charge in [-0.1, -0.05) is 17.7 Å². The zero-order chi connectivity index (χ0) is 27.8. The number of aromatic nitrogens is 5. The predicted octanol–water partition coefficient (Wildman–Crippen LogP) is 4.39. The summed E-state index contributed by atoms with van der Waals surface area (Å²) in [7, 11) is 0. The topological polar surface area (TPSA) is 123 Å². The third kappa shape index (κ3) is 5.66. The fourth-order valence-electron chi connectivity index (χ4n) is 4.55. The lowest BCUT2D eigenvalue weighted by atomic mass is 10.0. The second kappa shape index (κ2) is 10.8. The normalized spacial score (nSPS) is 17.0. The summed E-state index contributed by atoms with van der Waals surface area (Å²) in [6.45, 7) is 2.66. The molecule has 1 saturated heterocycles. The lowest BCUT2D eigenvalue weighted by molar-refractivity contribution is -0.137. The number of Topliss-reactive ketones (excluding diaryl/α,β-unsaturated/α-hetero) is 1. The second-order valence-electron chi connectivity index (χ2n) is 9.19. The van der Waals surface area contributed by atoms with E-state index < -0.39 is 24.0 Å². The molecule has 1 fully saturated rings. The maximum absolute atomic E-state index is 14.4. The molecule has 5 rings (SSSR count). The number of nitrogens with one attached hydrogen (secondary N) is 1. The monoisotopic (exact) mass is 613 g/mol. The van der Waals surface area contributed by atoms with Crippen LogP contribution in [0.1, 0.15) is 29.7 Å². The van der Waals surface area contributed by atoms with Crippen LogP contribution in [-0.4, -0.2) is 66.0 Å². The average molecular weight is 615 g/mol. The summed E-state index contributed by atoms with van der Waals surface area (Å²) in [4.78, 5) is 52.5. The molecule has 0 spiro atoms. The molecule has 39 heavy (non-hydrogen) atoms. The number of alkyl halides is 1. The molecule has 0 radical (unpaired) electrons. The molecule has 0 bridgehead atoms. The molecule has 13 heteroatoms. The van der Waals surface area contributed by atoms with Gasteiger partial charge in [-0.3, -0.25) is 19.1 Å². The zero-order valence-corrected chi connectivity index (χ0v) is 23.2. The summed E-state index contributed by atoms with van der Waals surface area (Å²) in [6, 6.07) is 7.34. The predicted molar refractivity (Wildman–Crippen MR) is 146 cm³/mol. The molecule has 200 valence electrons. The van der Waals surface area contributed by atoms with Gasteiger partial charge < -0.3 is 10.2 Å². The van der Waals surface area contributed by atoms with Crippen molar-refractivity contribution in [1.29, 1.82) is 0 Å². The third-order valence-electron chi connectivity index (χ3n) is 6.37. The number of hydrogen-bond donors (Lipinski definition) is 1. The molecule has 1 aliphatic rings. The van der Waals surface area contributed by atoms with Crippen LogP contribution in [0.25, 0.3) is 22.0 Å². The second-order valence-corrected chi connectivity index (χ2v) is 10.4. The van der Waals surface area contributed by atoms with Gasteiger partial charge in [-0.25, -0.2) is 19.3 Å². The zero-order valence-electron chi connectivity index (χ0n) is 20.9. The van der Waals surface area contributed by atoms with Crippen LogP contribution < -0.4 is 5.32 Å². The quantitative estimate of drug-likeness (QED) is 0.252. The Morgan fingerprint density at radius 3 is 2.59 bits per heavy atom. The minimum atomic E-state index is -1.37. The van der Waals surface area contributed by atoms with Gasteiger partial charge in [-0.2, -0.15) is 5.10 Å². The Morgan fingerprint density at radius 2 is 1.90 bits per heavy atom. The summed E-state index contributed by atoms with van der Waals surface area (Å²) < 4.78 is 16.3. The molecule has 4 aromatic rings. The van der Waals surface area contributed by atoms with Crippen LogP contribution in [0, 0.1) is 6.92 Å². The molecular weight excluding hydrogens is 593 g/mol. The van der Waals surface area contributed by atoms with E-state index in [9.17, 15) is 18.8 Å². The number of aryl methyl sites for hydroxylation is 1. The first-order chi connectivity index (χ1) is 18.6. The molecule has 0 aliphatic carbocycles. The lowest BCUT2D eigenvalue weighted by Gasteiger charge is -2.23. The van der Waals surface area contributed by atoms with E-state index in [1.165, 1.54) is 22.6 Å². The first-order valence-corrected chi connectivity index (χ1v) is 13.1. The maximum Gasteiger partial charge on any atom is 0.248 e. The molecule has 10 nitrogen and oxygen atoms in total. The number of anilines is 1. The third-order valence-corrected chi connectivity index (χ3v) is 6.99. The van der Waals surface area contributed by atoms with E-state index in [4.69, 9.17) is 11.6 Å². The Bertz CT molecular complexity index is 1590. The Balaban J connectivity index is 1.40. The fourth-order valence-corrected chi connectivity index (χ4v) is 5.32. The molecule has 4 heterocycles. The van der Waals surface area contributed by atoms with Crippen molar-refractivity contribution in [2.24, 2.45) is 0 Å². The van der Waals surface area contributed by atoms with Gasteiger partial charge in [0.25, 0.3) is 0 Å². The van der Waals surface area contributed by atoms with Gasteiger partial charge in [0.15, 0.2) is 5.78 Å². The van der Waals surface area contributed by atoms with Crippen LogP contribution in [0.3, 0.4) is 0 Å². The van der Waals surface area contributed by atoms with Crippen molar-refractivity contribution in [2.45, 2.75) is 39.0 Å². The smallest absolute Gasteiger partial charge is 0.248 e. The van der Waals surface area contributed by atoms with Gasteiger partial charge in [0, 0.05) is 41.7 Å². The molecule has 0 saturated carbocycles. The van der Waals surface area contributed by atoms with E-state index >= 15 is 0 Å². The minimum absolute atomic E-state index is 0.153. The van der Waals surface area contributed by atoms with Gasteiger partial charge >= 0.3 is 0 Å². The highest BCUT2D eigenvalue weighted by Crippen LogP contribution is 2.28. The summed E-state index contributed by atoms with van der Waals surface area (Å²) in [5.74, 6) is -0.549. The molecule has 1 aromatic carbocycles. The first kappa shape index (κ1) is 26.8. The van der Waals surface area contributed by atoms with Gasteiger partial charge in [0.05, 0.1) is 12.1 Å². The molecule has 1 aliphatic heterocycles. The number of fused-ring (bicyclic) bond motifs is 1. The van der Waals surface area contributed by atoms with Gasteiger partial charge in [-0.05, 0) is 52.7 Å². The van der Waals surface area contributed by atoms with Crippen LogP contribution in [0.2, 0.25) is 5.02 Å². The average Bonchev–Trinajstić information content (AvgIpc) is 3.44. The number of amides is 2. The van der Waals surface area contributed by atoms with E-state index in [0.717, 1.165) is 11.1 Å². The van der Waals surface area contributed by atoms with Gasteiger partial charge in [0.1, 0.15) is 40.7 Å². The summed E-state index contributed by atoms with van der Waals surface area (Å²) in [6.07, 6.45) is 1.85. The number of nitrogens with zero attached hydrogens (tertiary/aromatic N) is 6. The van der Waals surface area contributed by atoms with Crippen molar-refractivity contribution in [3.05, 3.63) is 63.9 Å². The largest absolute Gasteiger partial charge is 0.326 e. The van der Waals surface area contributed by atoms with Gasteiger partial charge in [-0.15, -0.1) is 0 Å². The Kier molecular flexibility index (Phi) is 7.41. The minimum Gasteiger partial charge on any atom is -0.326 e. The molecule has 2 atom stereocenters. The Labute approximate surface area is 235 Å². The number of carbonyl (C=O) groups is 3. The van der Waals surface area contributed by atoms with Crippen LogP contribution in [-0.2, 0) is 16.1 Å². The highest BCUT2D eigenvalue weighted by molar-refractivity contribution is 9.10. The number of hydrogen-bond acceptors (Lipinski definition) is 7. The van der Waals surface area contributed by atoms with E-state index in [1.54, 1.807) is 37.5 Å². The molecular formula is C26H22BrClFN7O3. The number of ketones is 1. The van der Waals surface area contributed by atoms with Gasteiger partial charge in [0.2, 0.25) is 11.8 Å². The first-order valence-electron chi connectivity index (χ1n) is 12.0. The maximum atomic E-state index is 14.4. The Morgan fingerprint density at radius 1 is 1.15 bits per heavy atom. The van der Waals surface area contributed by atoms with E-state index in [1.807, 2.05) is 6.07 Å². The van der Waals surface area contributed by atoms with Crippen LogP contribution in [0.5, 0.6) is 0 Å². The Hall–Kier alpha value is -3.77. The number of carbonyl (C=O) groups excluding carboxylic acids is 3. The molecule has 2 amide bonds. The number of likely N-dealkylation sites (tertiary alicyclic amines) is 1. The van der Waals surface area contributed by atoms with Crippen molar-refractivity contribution in [2.75, 3.05) is 11.9 Å². The number of pyridine rings is 1. The SMILES string of the molecule is CC(=O)c1nn(CC(=O)N2C[C@H](F)C[C@H]2C(=O)Nc2cc(Cl)cc(Br)n2)c2ccc(-c3cnc(C)nc3)cc12. The van der Waals surface area contributed by atoms with Crippen LogP contribution in [0.15, 0.2) is 47.3 Å². The highest BCUT2D eigenvalue weighted by Gasteiger charge is 2.40. The highest BCUT2D eigenvalue weighted by atomic mass is 79.9. The van der Waals surface area contributed by atoms with Crippen molar-refractivity contribution < 1.29 is 18.8 Å². The standard InChI is InChI=1S/C26H22BrClFN7O3/c1-13(37)25-19-5-15(16-9-30-14(2)31-10-16)3-4-20(19)36(34-25)12-24(38)35-11-18(29)8-21(35)26(39)33-23-7-17(28)6-22(27)32-23/h3-7,9-10,18,21H,8,11-12H2,1-2H3,(H,32,33,39)/t18-,21+/m1/s1. The summed E-state index contributed by atoms with van der Waals surface area (Å²) in [5.41, 5.74) is 2.30. The fraction of sp³-hybridized carbons (Fsp3) is 0.269. The van der Waals surface area contributed by atoms with Crippen molar-refractivity contribution >= 4 is 61.8 Å². The van der Waals surface area contributed by atoms with Crippen LogP contribution in [0.4, 0.5) is 10.2 Å². The molecule has 3 aromatic heterocycles. The molecule has 1 N–H and O–H groups in total. The van der Waals surface area contributed by atoms with E-state index in [2.05, 4.69) is 41.3 Å². The van der Waals surface area contributed by atoms with E-state index in [0.29, 0.717) is 26.4 Å².